The number of aryl methyl sites for hydroxylation is 1. The maximum absolute atomic E-state index is 12.7. The first-order valence-electron chi connectivity index (χ1n) is 9.61. The van der Waals surface area contributed by atoms with Crippen molar-refractivity contribution in [2.45, 2.75) is 51.9 Å². The van der Waals surface area contributed by atoms with Crippen molar-refractivity contribution in [3.8, 4) is 0 Å². The third-order valence-electron chi connectivity index (χ3n) is 5.28. The van der Waals surface area contributed by atoms with Crippen molar-refractivity contribution in [3.63, 3.8) is 0 Å². The Balaban J connectivity index is 1.59. The van der Waals surface area contributed by atoms with Crippen molar-refractivity contribution in [2.24, 2.45) is 5.92 Å². The molecule has 1 amide bonds. The Labute approximate surface area is 156 Å². The molecule has 1 saturated heterocycles. The molecule has 0 saturated carbocycles. The van der Waals surface area contributed by atoms with Crippen LogP contribution in [0.4, 0.5) is 5.13 Å². The minimum Gasteiger partial charge on any atom is -0.356 e. The molecular formula is C18H25N5O2S. The molecule has 1 aliphatic carbocycles. The Morgan fingerprint density at radius 1 is 1.31 bits per heavy atom. The van der Waals surface area contributed by atoms with Gasteiger partial charge in [-0.1, -0.05) is 18.3 Å². The molecule has 1 atom stereocenters. The lowest BCUT2D eigenvalue weighted by atomic mass is 9.97. The van der Waals surface area contributed by atoms with E-state index in [1.54, 1.807) is 0 Å². The van der Waals surface area contributed by atoms with Gasteiger partial charge in [-0.05, 0) is 44.9 Å². The summed E-state index contributed by atoms with van der Waals surface area (Å²) in [5.74, 6) is 0.114. The van der Waals surface area contributed by atoms with E-state index >= 15 is 0 Å². The van der Waals surface area contributed by atoms with Crippen LogP contribution >= 0.6 is 11.3 Å². The molecule has 1 N–H and O–H groups in total. The number of fused-ring (bicyclic) bond motifs is 2. The van der Waals surface area contributed by atoms with Gasteiger partial charge in [0, 0.05) is 25.2 Å². The van der Waals surface area contributed by atoms with E-state index in [1.807, 2.05) is 0 Å². The highest BCUT2D eigenvalue weighted by molar-refractivity contribution is 7.20. The summed E-state index contributed by atoms with van der Waals surface area (Å²) in [5, 5.41) is 8.35. The Kier molecular flexibility index (Phi) is 4.93. The normalized spacial score (nSPS) is 20.2. The fraction of sp³-hybridized carbons (Fsp3) is 0.667. The molecule has 140 valence electrons. The van der Waals surface area contributed by atoms with E-state index in [9.17, 15) is 9.59 Å². The first-order valence-corrected chi connectivity index (χ1v) is 10.4. The van der Waals surface area contributed by atoms with E-state index in [1.165, 1.54) is 15.9 Å². The second kappa shape index (κ2) is 7.34. The number of hydrogen-bond donors (Lipinski definition) is 1. The van der Waals surface area contributed by atoms with Crippen molar-refractivity contribution >= 4 is 27.3 Å². The van der Waals surface area contributed by atoms with Gasteiger partial charge < -0.3 is 10.2 Å². The summed E-state index contributed by atoms with van der Waals surface area (Å²) in [5.41, 5.74) is 1.77. The van der Waals surface area contributed by atoms with E-state index < -0.39 is 0 Å². The van der Waals surface area contributed by atoms with Crippen LogP contribution in [0.2, 0.25) is 0 Å². The maximum atomic E-state index is 12.7. The number of amides is 1. The minimum absolute atomic E-state index is 0.0125. The highest BCUT2D eigenvalue weighted by Gasteiger charge is 2.28. The van der Waals surface area contributed by atoms with Crippen LogP contribution in [-0.2, 0) is 17.6 Å². The van der Waals surface area contributed by atoms with E-state index in [0.29, 0.717) is 11.5 Å². The van der Waals surface area contributed by atoms with Crippen LogP contribution in [0.1, 0.15) is 50.3 Å². The molecule has 0 aromatic carbocycles. The van der Waals surface area contributed by atoms with Crippen LogP contribution < -0.4 is 15.8 Å². The van der Waals surface area contributed by atoms with Crippen molar-refractivity contribution in [1.29, 1.82) is 0 Å². The summed E-state index contributed by atoms with van der Waals surface area (Å²) in [7, 11) is 0. The summed E-state index contributed by atoms with van der Waals surface area (Å²) in [6.45, 7) is 4.30. The Morgan fingerprint density at radius 2 is 2.15 bits per heavy atom. The van der Waals surface area contributed by atoms with E-state index in [4.69, 9.17) is 4.98 Å². The molecule has 4 rings (SSSR count). The number of anilines is 1. The number of rotatable bonds is 4. The molecule has 26 heavy (non-hydrogen) atoms. The Morgan fingerprint density at radius 3 is 3.00 bits per heavy atom. The Hall–Kier alpha value is -1.96. The van der Waals surface area contributed by atoms with Gasteiger partial charge in [0.05, 0.1) is 11.6 Å². The van der Waals surface area contributed by atoms with Crippen molar-refractivity contribution in [1.82, 2.24) is 19.9 Å². The predicted octanol–water partition coefficient (Wildman–Crippen LogP) is 1.77. The smallest absolute Gasteiger partial charge is 0.278 e. The van der Waals surface area contributed by atoms with Crippen molar-refractivity contribution in [2.75, 3.05) is 24.5 Å². The van der Waals surface area contributed by atoms with Crippen LogP contribution in [-0.4, -0.2) is 40.1 Å². The van der Waals surface area contributed by atoms with Gasteiger partial charge in [0.25, 0.3) is 5.56 Å². The van der Waals surface area contributed by atoms with Crippen LogP contribution in [0.5, 0.6) is 0 Å². The molecule has 8 heteroatoms. The summed E-state index contributed by atoms with van der Waals surface area (Å²) in [6.07, 6.45) is 6.65. The summed E-state index contributed by atoms with van der Waals surface area (Å²) >= 11 is 1.46. The van der Waals surface area contributed by atoms with Crippen LogP contribution in [0, 0.1) is 5.92 Å². The molecule has 0 bridgehead atoms. The first-order chi connectivity index (χ1) is 12.7. The third-order valence-corrected chi connectivity index (χ3v) is 6.25. The topological polar surface area (TPSA) is 79.6 Å². The average Bonchev–Trinajstić information content (AvgIpc) is 3.11. The highest BCUT2D eigenvalue weighted by atomic mass is 32.1. The molecule has 2 aromatic rings. The highest BCUT2D eigenvalue weighted by Crippen LogP contribution is 2.28. The van der Waals surface area contributed by atoms with Crippen LogP contribution in [0.25, 0.3) is 4.96 Å². The summed E-state index contributed by atoms with van der Waals surface area (Å²) in [6, 6.07) is 0. The number of carbonyl (C=O) groups is 1. The molecule has 0 unspecified atom stereocenters. The number of piperidine rings is 1. The summed E-state index contributed by atoms with van der Waals surface area (Å²) in [4.78, 5) is 32.6. The van der Waals surface area contributed by atoms with Gasteiger partial charge in [-0.3, -0.25) is 9.59 Å². The number of aromatic nitrogens is 3. The second-order valence-electron chi connectivity index (χ2n) is 7.20. The van der Waals surface area contributed by atoms with Crippen molar-refractivity contribution in [3.05, 3.63) is 21.6 Å². The van der Waals surface area contributed by atoms with Gasteiger partial charge in [0.15, 0.2) is 0 Å². The first kappa shape index (κ1) is 17.5. The summed E-state index contributed by atoms with van der Waals surface area (Å²) < 4.78 is 1.46. The number of hydrogen-bond acceptors (Lipinski definition) is 6. The molecular weight excluding hydrogens is 350 g/mol. The standard InChI is InChI=1S/C18H25N5O2S/c1-2-9-19-15(24)12-6-5-10-22(11-12)18-21-23-16(25)13-7-3-4-8-14(13)20-17(23)26-18/h12H,2-11H2,1H3,(H,19,24)/t12-/m0/s1. The second-order valence-corrected chi connectivity index (χ2v) is 8.14. The van der Waals surface area contributed by atoms with Crippen LogP contribution in [0.3, 0.4) is 0 Å². The molecule has 1 aliphatic heterocycles. The van der Waals surface area contributed by atoms with E-state index in [-0.39, 0.29) is 17.4 Å². The maximum Gasteiger partial charge on any atom is 0.278 e. The zero-order valence-corrected chi connectivity index (χ0v) is 16.0. The lowest BCUT2D eigenvalue weighted by Gasteiger charge is -2.31. The van der Waals surface area contributed by atoms with Gasteiger partial charge in [-0.2, -0.15) is 4.52 Å². The zero-order chi connectivity index (χ0) is 18.1. The fourth-order valence-electron chi connectivity index (χ4n) is 3.85. The van der Waals surface area contributed by atoms with Gasteiger partial charge >= 0.3 is 0 Å². The van der Waals surface area contributed by atoms with Crippen LogP contribution in [0.15, 0.2) is 4.79 Å². The molecule has 3 heterocycles. The van der Waals surface area contributed by atoms with E-state index in [0.717, 1.165) is 74.4 Å². The largest absolute Gasteiger partial charge is 0.356 e. The molecule has 0 radical (unpaired) electrons. The monoisotopic (exact) mass is 375 g/mol. The number of nitrogens with one attached hydrogen (secondary N) is 1. The minimum atomic E-state index is -0.0137. The lowest BCUT2D eigenvalue weighted by Crippen LogP contribution is -2.43. The lowest BCUT2D eigenvalue weighted by molar-refractivity contribution is -0.125. The third kappa shape index (κ3) is 3.22. The van der Waals surface area contributed by atoms with E-state index in [2.05, 4.69) is 22.2 Å². The predicted molar refractivity (Wildman–Crippen MR) is 102 cm³/mol. The fourth-order valence-corrected chi connectivity index (χ4v) is 4.79. The van der Waals surface area contributed by atoms with Gasteiger partial charge in [-0.15, -0.1) is 5.10 Å². The van der Waals surface area contributed by atoms with Gasteiger partial charge in [-0.25, -0.2) is 4.98 Å². The molecule has 0 spiro atoms. The molecule has 1 fully saturated rings. The number of nitrogens with zero attached hydrogens (tertiary/aromatic N) is 4. The zero-order valence-electron chi connectivity index (χ0n) is 15.2. The SMILES string of the molecule is CCCNC(=O)[C@H]1CCCN(c2nn3c(=O)c4c(nc3s2)CCCC4)C1. The van der Waals surface area contributed by atoms with Gasteiger partial charge in [0.2, 0.25) is 16.0 Å². The van der Waals surface area contributed by atoms with Crippen molar-refractivity contribution < 1.29 is 4.79 Å². The molecule has 7 nitrogen and oxygen atoms in total. The molecule has 2 aromatic heterocycles. The molecule has 2 aliphatic rings. The van der Waals surface area contributed by atoms with Gasteiger partial charge in [0.1, 0.15) is 0 Å². The quantitative estimate of drug-likeness (QED) is 0.881. The average molecular weight is 375 g/mol. The number of carbonyl (C=O) groups excluding carboxylic acids is 1. The Bertz CT molecular complexity index is 874.